The van der Waals surface area contributed by atoms with Crippen LogP contribution in [0, 0.1) is 6.92 Å². The third kappa shape index (κ3) is 2.53. The molecule has 1 unspecified atom stereocenters. The molecule has 4 nitrogen and oxygen atoms in total. The number of carbonyl (C=O) groups is 2. The van der Waals surface area contributed by atoms with Gasteiger partial charge < -0.3 is 10.2 Å². The molecule has 1 saturated heterocycles. The molecule has 0 aromatic heterocycles. The summed E-state index contributed by atoms with van der Waals surface area (Å²) in [5.74, 6) is -0.0700. The first-order chi connectivity index (χ1) is 8.59. The van der Waals surface area contributed by atoms with Crippen molar-refractivity contribution in [2.45, 2.75) is 26.3 Å². The first-order valence-corrected chi connectivity index (χ1v) is 6.21. The Hall–Kier alpha value is -1.84. The molecule has 1 aromatic carbocycles. The molecule has 2 rings (SSSR count). The summed E-state index contributed by atoms with van der Waals surface area (Å²) in [4.78, 5) is 25.1. The van der Waals surface area contributed by atoms with E-state index in [1.165, 1.54) is 5.56 Å². The molecule has 1 N–H and O–H groups in total. The summed E-state index contributed by atoms with van der Waals surface area (Å²) in [6, 6.07) is 8.04. The van der Waals surface area contributed by atoms with Crippen molar-refractivity contribution in [2.24, 2.45) is 0 Å². The van der Waals surface area contributed by atoms with Gasteiger partial charge in [0.05, 0.1) is 12.6 Å². The molecule has 0 saturated carbocycles. The lowest BCUT2D eigenvalue weighted by Gasteiger charge is -2.28. The second-order valence-electron chi connectivity index (χ2n) is 4.65. The van der Waals surface area contributed by atoms with Crippen LogP contribution in [0.4, 0.5) is 0 Å². The van der Waals surface area contributed by atoms with Crippen molar-refractivity contribution in [3.8, 4) is 0 Å². The Morgan fingerprint density at radius 2 is 2.00 bits per heavy atom. The summed E-state index contributed by atoms with van der Waals surface area (Å²) >= 11 is 0. The lowest BCUT2D eigenvalue weighted by molar-refractivity contribution is -0.132. The van der Waals surface area contributed by atoms with Crippen molar-refractivity contribution in [2.75, 3.05) is 13.1 Å². The molecule has 1 aliphatic heterocycles. The number of nitrogens with zero attached hydrogens (tertiary/aromatic N) is 1. The number of amides is 2. The third-order valence-electron chi connectivity index (χ3n) is 3.44. The molecule has 18 heavy (non-hydrogen) atoms. The zero-order chi connectivity index (χ0) is 13.1. The normalized spacial score (nSPS) is 18.2. The highest BCUT2D eigenvalue weighted by Crippen LogP contribution is 2.24. The molecule has 1 heterocycles. The fourth-order valence-electron chi connectivity index (χ4n) is 2.34. The monoisotopic (exact) mass is 246 g/mol. The summed E-state index contributed by atoms with van der Waals surface area (Å²) in [5, 5.41) is 2.62. The number of nitrogens with one attached hydrogen (secondary N) is 1. The highest BCUT2D eigenvalue weighted by molar-refractivity contribution is 5.87. The zero-order valence-electron chi connectivity index (χ0n) is 10.8. The number of hydrogen-bond donors (Lipinski definition) is 1. The summed E-state index contributed by atoms with van der Waals surface area (Å²) in [5.41, 5.74) is 2.31. The SMILES string of the molecule is Cc1ccccc1C(C)N1CCC(=O)NCC1=O. The second-order valence-corrected chi connectivity index (χ2v) is 4.65. The average Bonchev–Trinajstić information content (AvgIpc) is 2.52. The second kappa shape index (κ2) is 5.21. The van der Waals surface area contributed by atoms with Crippen molar-refractivity contribution in [3.05, 3.63) is 35.4 Å². The van der Waals surface area contributed by atoms with E-state index in [9.17, 15) is 9.59 Å². The van der Waals surface area contributed by atoms with E-state index in [1.807, 2.05) is 38.1 Å². The highest BCUT2D eigenvalue weighted by Gasteiger charge is 2.25. The van der Waals surface area contributed by atoms with E-state index in [4.69, 9.17) is 0 Å². The van der Waals surface area contributed by atoms with Crippen LogP contribution in [0.25, 0.3) is 0 Å². The van der Waals surface area contributed by atoms with Crippen molar-refractivity contribution < 1.29 is 9.59 Å². The van der Waals surface area contributed by atoms with Gasteiger partial charge in [0.1, 0.15) is 0 Å². The number of hydrogen-bond acceptors (Lipinski definition) is 2. The van der Waals surface area contributed by atoms with Crippen LogP contribution in [0.15, 0.2) is 24.3 Å². The van der Waals surface area contributed by atoms with E-state index < -0.39 is 0 Å². The number of aryl methyl sites for hydroxylation is 1. The van der Waals surface area contributed by atoms with Crippen LogP contribution < -0.4 is 5.32 Å². The summed E-state index contributed by atoms with van der Waals surface area (Å²) in [7, 11) is 0. The van der Waals surface area contributed by atoms with Crippen LogP contribution >= 0.6 is 0 Å². The van der Waals surface area contributed by atoms with Gasteiger partial charge in [-0.05, 0) is 25.0 Å². The first kappa shape index (κ1) is 12.6. The van der Waals surface area contributed by atoms with Crippen LogP contribution in [0.3, 0.4) is 0 Å². The van der Waals surface area contributed by atoms with Crippen LogP contribution in [-0.4, -0.2) is 29.8 Å². The topological polar surface area (TPSA) is 49.4 Å². The first-order valence-electron chi connectivity index (χ1n) is 6.21. The summed E-state index contributed by atoms with van der Waals surface area (Å²) in [6.45, 7) is 4.64. The van der Waals surface area contributed by atoms with E-state index in [0.29, 0.717) is 13.0 Å². The Balaban J connectivity index is 2.22. The van der Waals surface area contributed by atoms with Crippen LogP contribution in [0.2, 0.25) is 0 Å². The highest BCUT2D eigenvalue weighted by atomic mass is 16.2. The minimum absolute atomic E-state index is 0.00593. The van der Waals surface area contributed by atoms with Gasteiger partial charge in [-0.1, -0.05) is 24.3 Å². The molecule has 4 heteroatoms. The largest absolute Gasteiger partial charge is 0.347 e. The fraction of sp³-hybridized carbons (Fsp3) is 0.429. The number of benzene rings is 1. The summed E-state index contributed by atoms with van der Waals surface area (Å²) < 4.78 is 0. The molecule has 0 bridgehead atoms. The summed E-state index contributed by atoms with van der Waals surface area (Å²) in [6.07, 6.45) is 0.377. The Bertz CT molecular complexity index is 471. The molecule has 0 aliphatic carbocycles. The van der Waals surface area contributed by atoms with Crippen molar-refractivity contribution >= 4 is 11.8 Å². The molecule has 1 aromatic rings. The minimum Gasteiger partial charge on any atom is -0.347 e. The quantitative estimate of drug-likeness (QED) is 0.857. The Morgan fingerprint density at radius 3 is 2.72 bits per heavy atom. The number of rotatable bonds is 2. The predicted molar refractivity (Wildman–Crippen MR) is 68.9 cm³/mol. The molecule has 1 aliphatic rings. The molecule has 1 fully saturated rings. The Kier molecular flexibility index (Phi) is 3.65. The van der Waals surface area contributed by atoms with Crippen molar-refractivity contribution in [3.63, 3.8) is 0 Å². The van der Waals surface area contributed by atoms with Gasteiger partial charge in [0.2, 0.25) is 11.8 Å². The van der Waals surface area contributed by atoms with Crippen molar-refractivity contribution in [1.82, 2.24) is 10.2 Å². The van der Waals surface area contributed by atoms with Crippen LogP contribution in [-0.2, 0) is 9.59 Å². The molecule has 0 spiro atoms. The maximum absolute atomic E-state index is 12.0. The lowest BCUT2D eigenvalue weighted by Crippen LogP contribution is -2.37. The molecular weight excluding hydrogens is 228 g/mol. The van der Waals surface area contributed by atoms with Gasteiger partial charge in [-0.3, -0.25) is 9.59 Å². The van der Waals surface area contributed by atoms with Gasteiger partial charge in [-0.25, -0.2) is 0 Å². The molecule has 2 amide bonds. The molecule has 96 valence electrons. The van der Waals surface area contributed by atoms with Crippen LogP contribution in [0.5, 0.6) is 0 Å². The maximum Gasteiger partial charge on any atom is 0.242 e. The van der Waals surface area contributed by atoms with E-state index in [-0.39, 0.29) is 24.4 Å². The maximum atomic E-state index is 12.0. The van der Waals surface area contributed by atoms with E-state index >= 15 is 0 Å². The molecular formula is C14H18N2O2. The lowest BCUT2D eigenvalue weighted by atomic mass is 10.0. The Morgan fingerprint density at radius 1 is 1.28 bits per heavy atom. The van der Waals surface area contributed by atoms with Gasteiger partial charge in [0, 0.05) is 13.0 Å². The van der Waals surface area contributed by atoms with Gasteiger partial charge in [-0.2, -0.15) is 0 Å². The standard InChI is InChI=1S/C14H18N2O2/c1-10-5-3-4-6-12(10)11(2)16-8-7-13(17)15-9-14(16)18/h3-6,11H,7-9H2,1-2H3,(H,15,17). The van der Waals surface area contributed by atoms with E-state index in [0.717, 1.165) is 5.56 Å². The number of carbonyl (C=O) groups excluding carboxylic acids is 2. The van der Waals surface area contributed by atoms with E-state index in [1.54, 1.807) is 4.90 Å². The zero-order valence-corrected chi connectivity index (χ0v) is 10.8. The smallest absolute Gasteiger partial charge is 0.242 e. The van der Waals surface area contributed by atoms with Gasteiger partial charge in [-0.15, -0.1) is 0 Å². The average molecular weight is 246 g/mol. The third-order valence-corrected chi connectivity index (χ3v) is 3.44. The molecule has 0 radical (unpaired) electrons. The van der Waals surface area contributed by atoms with Crippen molar-refractivity contribution in [1.29, 1.82) is 0 Å². The van der Waals surface area contributed by atoms with Gasteiger partial charge >= 0.3 is 0 Å². The van der Waals surface area contributed by atoms with Crippen LogP contribution in [0.1, 0.15) is 30.5 Å². The van der Waals surface area contributed by atoms with Gasteiger partial charge in [0.25, 0.3) is 0 Å². The predicted octanol–water partition coefficient (Wildman–Crippen LogP) is 1.40. The minimum atomic E-state index is -0.0529. The Labute approximate surface area is 107 Å². The fourth-order valence-corrected chi connectivity index (χ4v) is 2.34. The molecule has 1 atom stereocenters. The van der Waals surface area contributed by atoms with Gasteiger partial charge in [0.15, 0.2) is 0 Å². The van der Waals surface area contributed by atoms with E-state index in [2.05, 4.69) is 5.32 Å².